The Hall–Kier alpha value is -17.6. The van der Waals surface area contributed by atoms with Gasteiger partial charge in [-0.3, -0.25) is 22.8 Å². The van der Waals surface area contributed by atoms with E-state index in [0.717, 1.165) is 166 Å². The number of rotatable bonds is 11. The molecule has 26 aromatic rings. The topological polar surface area (TPSA) is 171 Å². The Morgan fingerprint density at radius 3 is 0.722 bits per heavy atom. The quantitative estimate of drug-likeness (QED) is 0.121. The average molecular weight is 1620 g/mol. The molecule has 0 aliphatic carbocycles. The highest BCUT2D eigenvalue weighted by Gasteiger charge is 2.28. The van der Waals surface area contributed by atoms with Crippen LogP contribution in [0.5, 0.6) is 0 Å². The second-order valence-corrected chi connectivity index (χ2v) is 31.0. The zero-order valence-corrected chi connectivity index (χ0v) is 67.4. The molecule has 0 aliphatic rings. The van der Waals surface area contributed by atoms with Gasteiger partial charge >= 0.3 is 0 Å². The molecule has 0 amide bonds. The molecule has 26 rings (SSSR count). The molecule has 0 fully saturated rings. The maximum atomic E-state index is 5.25. The van der Waals surface area contributed by atoms with Crippen LogP contribution >= 0.6 is 0 Å². The Balaban J connectivity index is 0.000000106. The highest BCUT2D eigenvalue weighted by Crippen LogP contribution is 2.46. The largest absolute Gasteiger partial charge is 0.307 e. The minimum Gasteiger partial charge on any atom is -0.307 e. The molecule has 0 atom stereocenters. The smallest absolute Gasteiger partial charge is 0.237 e. The minimum atomic E-state index is 0.555. The summed E-state index contributed by atoms with van der Waals surface area (Å²) in [6.07, 6.45) is 8.51. The zero-order valence-electron chi connectivity index (χ0n) is 67.4. The summed E-state index contributed by atoms with van der Waals surface area (Å²) in [5, 5.41) is 13.7. The third-order valence-electron chi connectivity index (χ3n) is 23.9. The van der Waals surface area contributed by atoms with Gasteiger partial charge in [0.05, 0.1) is 94.7 Å². The van der Waals surface area contributed by atoms with E-state index in [9.17, 15) is 0 Å². The Morgan fingerprint density at radius 1 is 0.159 bits per heavy atom. The van der Waals surface area contributed by atoms with Crippen molar-refractivity contribution in [2.75, 3.05) is 0 Å². The average Bonchev–Trinajstić information content (AvgIpc) is 1.55. The number of fused-ring (bicyclic) bond motifs is 21. The Bertz CT molecular complexity index is 8220. The van der Waals surface area contributed by atoms with E-state index >= 15 is 0 Å². The molecule has 11 aromatic heterocycles. The second-order valence-electron chi connectivity index (χ2n) is 31.0. The maximum Gasteiger partial charge on any atom is 0.237 e. The SMILES string of the molecule is c1ccc(-c2cc(-c3ccccc3)nc(-n3c4ccccc4c4ccc5c6ccccc6n(-c6ncccn6)c5c43)n2)cc1.c1ccc(-c2cc(-c3ccccc3)nc(-n3c4ccccc4c4ccc5c6ccccc6n(-c6ncncn6)c5c43)n2)cc1.c1ccc(-c2ccnc(-n3c4ccccc4c4ccc5c6ccccc6n(-c6ccccc6)c5c43)n2)cc1. The Kier molecular flexibility index (Phi) is 17.4. The molecule has 17 heteroatoms. The molecule has 0 aliphatic heterocycles. The zero-order chi connectivity index (χ0) is 83.1. The van der Waals surface area contributed by atoms with E-state index < -0.39 is 0 Å². The van der Waals surface area contributed by atoms with E-state index in [4.69, 9.17) is 39.9 Å². The summed E-state index contributed by atoms with van der Waals surface area (Å²) >= 11 is 0. The molecular weight excluding hydrogens is 1550 g/mol. The van der Waals surface area contributed by atoms with Crippen LogP contribution in [0.15, 0.2) is 419 Å². The molecule has 126 heavy (non-hydrogen) atoms. The summed E-state index contributed by atoms with van der Waals surface area (Å²) in [6.45, 7) is 0. The normalized spacial score (nSPS) is 11.7. The third kappa shape index (κ3) is 12.0. The van der Waals surface area contributed by atoms with E-state index in [2.05, 4.69) is 321 Å². The maximum absolute atomic E-state index is 5.25. The number of aromatic nitrogens is 17. The van der Waals surface area contributed by atoms with Gasteiger partial charge in [-0.2, -0.15) is 0 Å². The van der Waals surface area contributed by atoms with Crippen LogP contribution in [-0.2, 0) is 0 Å². The molecule has 0 bridgehead atoms. The molecule has 17 nitrogen and oxygen atoms in total. The van der Waals surface area contributed by atoms with Crippen molar-refractivity contribution in [1.29, 1.82) is 0 Å². The Labute approximate surface area is 719 Å². The number of nitrogens with zero attached hydrogens (tertiary/aromatic N) is 17. The minimum absolute atomic E-state index is 0.555. The number of para-hydroxylation sites is 7. The summed E-state index contributed by atoms with van der Waals surface area (Å²) in [4.78, 5) is 53.6. The first kappa shape index (κ1) is 72.4. The van der Waals surface area contributed by atoms with Crippen LogP contribution in [-0.4, -0.2) is 82.2 Å². The van der Waals surface area contributed by atoms with Gasteiger partial charge < -0.3 is 4.57 Å². The summed E-state index contributed by atoms with van der Waals surface area (Å²) < 4.78 is 13.3. The molecule has 0 radical (unpaired) electrons. The highest BCUT2D eigenvalue weighted by atomic mass is 15.2. The fraction of sp³-hybridized carbons (Fsp3) is 0. The molecule has 590 valence electrons. The lowest BCUT2D eigenvalue weighted by molar-refractivity contribution is 0.937. The van der Waals surface area contributed by atoms with Crippen molar-refractivity contribution in [3.8, 4) is 91.7 Å². The van der Waals surface area contributed by atoms with Crippen LogP contribution in [0, 0.1) is 0 Å². The van der Waals surface area contributed by atoms with Crippen molar-refractivity contribution in [3.63, 3.8) is 0 Å². The highest BCUT2D eigenvalue weighted by molar-refractivity contribution is 6.27. The monoisotopic (exact) mass is 1620 g/mol. The predicted octanol–water partition coefficient (Wildman–Crippen LogP) is 25.3. The van der Waals surface area contributed by atoms with Crippen LogP contribution in [0.1, 0.15) is 0 Å². The summed E-state index contributed by atoms with van der Waals surface area (Å²) in [7, 11) is 0. The van der Waals surface area contributed by atoms with Gasteiger partial charge in [-0.15, -0.1) is 0 Å². The van der Waals surface area contributed by atoms with Gasteiger partial charge in [0.15, 0.2) is 0 Å². The van der Waals surface area contributed by atoms with Crippen LogP contribution < -0.4 is 0 Å². The first-order valence-electron chi connectivity index (χ1n) is 41.8. The van der Waals surface area contributed by atoms with Crippen molar-refractivity contribution in [2.24, 2.45) is 0 Å². The van der Waals surface area contributed by atoms with Crippen molar-refractivity contribution in [3.05, 3.63) is 419 Å². The van der Waals surface area contributed by atoms with Crippen LogP contribution in [0.3, 0.4) is 0 Å². The van der Waals surface area contributed by atoms with E-state index in [1.807, 2.05) is 115 Å². The van der Waals surface area contributed by atoms with Gasteiger partial charge in [0.25, 0.3) is 0 Å². The van der Waals surface area contributed by atoms with Crippen molar-refractivity contribution < 1.29 is 0 Å². The van der Waals surface area contributed by atoms with Crippen LogP contribution in [0.25, 0.3) is 223 Å². The van der Waals surface area contributed by atoms with Crippen LogP contribution in [0.2, 0.25) is 0 Å². The van der Waals surface area contributed by atoms with E-state index in [1.54, 1.807) is 12.4 Å². The van der Waals surface area contributed by atoms with Crippen molar-refractivity contribution >= 4 is 131 Å². The second kappa shape index (κ2) is 30.3. The van der Waals surface area contributed by atoms with Crippen LogP contribution in [0.4, 0.5) is 0 Å². The number of hydrogen-bond acceptors (Lipinski definition) is 11. The van der Waals surface area contributed by atoms with Gasteiger partial charge in [0.2, 0.25) is 29.7 Å². The molecule has 0 N–H and O–H groups in total. The molecule has 0 spiro atoms. The van der Waals surface area contributed by atoms with E-state index in [1.165, 1.54) is 39.7 Å². The lowest BCUT2D eigenvalue weighted by Crippen LogP contribution is -2.06. The van der Waals surface area contributed by atoms with Gasteiger partial charge in [-0.25, -0.2) is 54.8 Å². The van der Waals surface area contributed by atoms with Crippen molar-refractivity contribution in [2.45, 2.75) is 0 Å². The fourth-order valence-electron chi connectivity index (χ4n) is 18.5. The fourth-order valence-corrected chi connectivity index (χ4v) is 18.5. The van der Waals surface area contributed by atoms with Gasteiger partial charge in [-0.1, -0.05) is 315 Å². The van der Waals surface area contributed by atoms with Gasteiger partial charge in [0.1, 0.15) is 12.7 Å². The summed E-state index contributed by atoms with van der Waals surface area (Å²) in [5.74, 6) is 3.03. The molecule has 15 aromatic carbocycles. The number of benzene rings is 15. The Morgan fingerprint density at radius 2 is 0.397 bits per heavy atom. The molecule has 11 heterocycles. The standard InChI is InChI=1S/C38H24N6.C37H23N7.C34H22N4/c1-3-12-25(13-4-1)31-24-32(26-14-5-2-6-15-26)42-38(41-31)44-34-19-10-8-17-28(34)30-21-20-29-27-16-7-9-18-33(27)43(35(29)36(30)44)37-39-22-11-23-40-37;1-3-11-24(12-4-1)30-21-31(25-13-5-2-6-14-25)42-37(41-30)44-33-18-10-8-16-27(33)29-20-19-28-26-15-7-9-17-32(26)43(34(28)35(29)44)36-39-22-38-23-40-36;1-3-11-23(12-4-1)29-21-22-35-34(36-29)38-31-18-10-8-16-26(31)28-20-19-27-25-15-7-9-17-30(25)37(32(27)33(28)38)24-13-5-2-6-14-24/h1-24H;1-23H;1-22H. The first-order chi connectivity index (χ1) is 62.6. The van der Waals surface area contributed by atoms with E-state index in [-0.39, 0.29) is 0 Å². The molecule has 0 unspecified atom stereocenters. The number of hydrogen-bond donors (Lipinski definition) is 0. The van der Waals surface area contributed by atoms with Gasteiger partial charge in [0, 0.05) is 117 Å². The lowest BCUT2D eigenvalue weighted by Gasteiger charge is -2.13. The lowest BCUT2D eigenvalue weighted by atomic mass is 10.1. The first-order valence-corrected chi connectivity index (χ1v) is 41.8. The molecule has 0 saturated heterocycles. The summed E-state index contributed by atoms with van der Waals surface area (Å²) in [5.41, 5.74) is 23.3. The predicted molar refractivity (Wildman–Crippen MR) is 508 cm³/mol. The van der Waals surface area contributed by atoms with E-state index in [0.29, 0.717) is 29.7 Å². The molecular formula is C109H69N17. The third-order valence-corrected chi connectivity index (χ3v) is 23.9. The van der Waals surface area contributed by atoms with Crippen molar-refractivity contribution in [1.82, 2.24) is 82.2 Å². The summed E-state index contributed by atoms with van der Waals surface area (Å²) in [6, 6.07) is 134. The van der Waals surface area contributed by atoms with Gasteiger partial charge in [-0.05, 0) is 72.8 Å². The molecule has 0 saturated carbocycles.